The van der Waals surface area contributed by atoms with E-state index in [4.69, 9.17) is 21.7 Å². The average Bonchev–Trinajstić information content (AvgIpc) is 3.18. The van der Waals surface area contributed by atoms with Crippen LogP contribution in [0.25, 0.3) is 0 Å². The van der Waals surface area contributed by atoms with Crippen molar-refractivity contribution in [2.45, 2.75) is 56.3 Å². The zero-order chi connectivity index (χ0) is 24.4. The molecule has 4 unspecified atom stereocenters. The summed E-state index contributed by atoms with van der Waals surface area (Å²) in [5.41, 5.74) is 10.7. The Labute approximate surface area is 188 Å². The van der Waals surface area contributed by atoms with Crippen molar-refractivity contribution < 1.29 is 39.0 Å². The second kappa shape index (κ2) is 12.9. The number of likely N-dealkylation sites (tertiary alicyclic amines) is 1. The maximum absolute atomic E-state index is 13.1. The molecule has 0 aliphatic carbocycles. The van der Waals surface area contributed by atoms with Gasteiger partial charge in [0, 0.05) is 6.54 Å². The summed E-state index contributed by atoms with van der Waals surface area (Å²) in [4.78, 5) is 72.3. The Bertz CT molecular complexity index is 749. The lowest BCUT2D eigenvalue weighted by Gasteiger charge is -2.29. The zero-order valence-corrected chi connectivity index (χ0v) is 18.4. The highest BCUT2D eigenvalue weighted by Gasteiger charge is 2.39. The van der Waals surface area contributed by atoms with E-state index in [0.29, 0.717) is 12.2 Å². The Hall–Kier alpha value is -2.87. The Morgan fingerprint density at radius 1 is 1.09 bits per heavy atom. The number of nitrogens with one attached hydrogen (secondary N) is 2. The fraction of sp³-hybridized carbons (Fsp3) is 0.667. The number of carboxylic acids is 2. The van der Waals surface area contributed by atoms with Gasteiger partial charge in [0.1, 0.15) is 18.1 Å². The van der Waals surface area contributed by atoms with Crippen molar-refractivity contribution in [3.05, 3.63) is 0 Å². The van der Waals surface area contributed by atoms with Gasteiger partial charge in [0.05, 0.1) is 18.9 Å². The van der Waals surface area contributed by atoms with Gasteiger partial charge < -0.3 is 37.2 Å². The Balaban J connectivity index is 2.94. The van der Waals surface area contributed by atoms with Crippen LogP contribution in [0.5, 0.6) is 0 Å². The molecule has 0 aromatic heterocycles. The minimum absolute atomic E-state index is 0.201. The van der Waals surface area contributed by atoms with E-state index in [0.717, 1.165) is 0 Å². The Morgan fingerprint density at radius 3 is 2.28 bits per heavy atom. The molecule has 32 heavy (non-hydrogen) atoms. The number of hydrogen-bond donors (Lipinski definition) is 6. The van der Waals surface area contributed by atoms with Crippen LogP contribution < -0.4 is 22.1 Å². The summed E-state index contributed by atoms with van der Waals surface area (Å²) >= 11 is 1.43. The maximum Gasteiger partial charge on any atom is 0.326 e. The van der Waals surface area contributed by atoms with E-state index in [1.54, 1.807) is 0 Å². The maximum atomic E-state index is 13.1. The predicted molar refractivity (Wildman–Crippen MR) is 113 cm³/mol. The van der Waals surface area contributed by atoms with Crippen LogP contribution in [0.2, 0.25) is 0 Å². The smallest absolute Gasteiger partial charge is 0.326 e. The van der Waals surface area contributed by atoms with Crippen molar-refractivity contribution in [2.75, 3.05) is 18.6 Å². The third kappa shape index (κ3) is 8.34. The number of carbonyl (C=O) groups is 6. The second-order valence-electron chi connectivity index (χ2n) is 7.31. The van der Waals surface area contributed by atoms with Crippen LogP contribution in [-0.2, 0) is 28.8 Å². The average molecular weight is 476 g/mol. The molecule has 0 aromatic rings. The summed E-state index contributed by atoms with van der Waals surface area (Å²) in [6.07, 6.45) is 1.54. The number of carboxylic acid groups (broad SMARTS) is 2. The van der Waals surface area contributed by atoms with Gasteiger partial charge in [-0.05, 0) is 31.3 Å². The predicted octanol–water partition coefficient (Wildman–Crippen LogP) is -2.54. The van der Waals surface area contributed by atoms with Gasteiger partial charge in [0.15, 0.2) is 0 Å². The fourth-order valence-corrected chi connectivity index (χ4v) is 3.70. The van der Waals surface area contributed by atoms with Crippen LogP contribution >= 0.6 is 11.8 Å². The monoisotopic (exact) mass is 475 g/mol. The van der Waals surface area contributed by atoms with E-state index < -0.39 is 72.6 Å². The molecular weight excluding hydrogens is 446 g/mol. The molecule has 1 saturated heterocycles. The number of aliphatic carboxylic acids is 2. The molecule has 4 amide bonds. The molecule has 0 aromatic carbocycles. The van der Waals surface area contributed by atoms with Crippen LogP contribution in [0.4, 0.5) is 0 Å². The Morgan fingerprint density at radius 2 is 1.75 bits per heavy atom. The largest absolute Gasteiger partial charge is 0.481 e. The molecule has 13 nitrogen and oxygen atoms in total. The molecule has 14 heteroatoms. The molecule has 1 aliphatic rings. The minimum Gasteiger partial charge on any atom is -0.481 e. The van der Waals surface area contributed by atoms with Crippen molar-refractivity contribution in [1.82, 2.24) is 15.5 Å². The van der Waals surface area contributed by atoms with Gasteiger partial charge >= 0.3 is 11.9 Å². The van der Waals surface area contributed by atoms with Gasteiger partial charge in [-0.2, -0.15) is 11.8 Å². The molecule has 8 N–H and O–H groups in total. The normalized spacial score (nSPS) is 18.3. The van der Waals surface area contributed by atoms with E-state index in [-0.39, 0.29) is 19.4 Å². The molecular formula is C18H29N5O8S. The molecule has 4 atom stereocenters. The van der Waals surface area contributed by atoms with Gasteiger partial charge in [-0.1, -0.05) is 0 Å². The quantitative estimate of drug-likeness (QED) is 0.164. The van der Waals surface area contributed by atoms with Crippen molar-refractivity contribution >= 4 is 47.3 Å². The van der Waals surface area contributed by atoms with Gasteiger partial charge in [0.2, 0.25) is 23.6 Å². The summed E-state index contributed by atoms with van der Waals surface area (Å²) in [7, 11) is 0. The van der Waals surface area contributed by atoms with Crippen LogP contribution in [0.3, 0.4) is 0 Å². The van der Waals surface area contributed by atoms with E-state index in [1.165, 1.54) is 16.7 Å². The van der Waals surface area contributed by atoms with Crippen molar-refractivity contribution in [1.29, 1.82) is 0 Å². The highest BCUT2D eigenvalue weighted by molar-refractivity contribution is 7.98. The lowest BCUT2D eigenvalue weighted by Crippen LogP contribution is -2.57. The lowest BCUT2D eigenvalue weighted by molar-refractivity contribution is -0.148. The molecule has 180 valence electrons. The first kappa shape index (κ1) is 27.2. The molecule has 1 aliphatic heterocycles. The van der Waals surface area contributed by atoms with Crippen LogP contribution in [0.15, 0.2) is 0 Å². The molecule has 1 heterocycles. The first-order valence-corrected chi connectivity index (χ1v) is 11.3. The third-order valence-corrected chi connectivity index (χ3v) is 5.46. The van der Waals surface area contributed by atoms with Gasteiger partial charge in [-0.25, -0.2) is 4.79 Å². The molecule has 1 rings (SSSR count). The van der Waals surface area contributed by atoms with Crippen molar-refractivity contribution in [3.8, 4) is 0 Å². The fourth-order valence-electron chi connectivity index (χ4n) is 3.23. The molecule has 0 saturated carbocycles. The first-order valence-electron chi connectivity index (χ1n) is 9.86. The number of hydrogen-bond acceptors (Lipinski definition) is 8. The van der Waals surface area contributed by atoms with Gasteiger partial charge in [-0.15, -0.1) is 0 Å². The third-order valence-electron chi connectivity index (χ3n) is 4.81. The molecule has 0 spiro atoms. The van der Waals surface area contributed by atoms with Crippen molar-refractivity contribution in [3.63, 3.8) is 0 Å². The van der Waals surface area contributed by atoms with E-state index in [2.05, 4.69) is 10.6 Å². The Kier molecular flexibility index (Phi) is 10.9. The number of thioether (sulfide) groups is 1. The van der Waals surface area contributed by atoms with E-state index in [9.17, 15) is 28.8 Å². The van der Waals surface area contributed by atoms with E-state index >= 15 is 0 Å². The second-order valence-corrected chi connectivity index (χ2v) is 8.29. The van der Waals surface area contributed by atoms with Gasteiger partial charge in [-0.3, -0.25) is 24.0 Å². The number of nitrogens with zero attached hydrogens (tertiary/aromatic N) is 1. The summed E-state index contributed by atoms with van der Waals surface area (Å²) < 4.78 is 0. The highest BCUT2D eigenvalue weighted by Crippen LogP contribution is 2.20. The van der Waals surface area contributed by atoms with Crippen LogP contribution in [-0.4, -0.2) is 93.4 Å². The minimum atomic E-state index is -1.64. The number of primary amides is 1. The van der Waals surface area contributed by atoms with E-state index in [1.807, 2.05) is 6.26 Å². The highest BCUT2D eigenvalue weighted by atomic mass is 32.2. The summed E-state index contributed by atoms with van der Waals surface area (Å²) in [6, 6.07) is -4.90. The molecule has 0 radical (unpaired) electrons. The van der Waals surface area contributed by atoms with Gasteiger partial charge in [0.25, 0.3) is 0 Å². The summed E-state index contributed by atoms with van der Waals surface area (Å²) in [6.45, 7) is 0.201. The lowest BCUT2D eigenvalue weighted by atomic mass is 10.1. The summed E-state index contributed by atoms with van der Waals surface area (Å²) in [5.74, 6) is -5.26. The topological polar surface area (TPSA) is 222 Å². The molecule has 0 bridgehead atoms. The number of carbonyl (C=O) groups excluding carboxylic acids is 4. The standard InChI is InChI=1S/C18H29N5O8S/c1-32-6-4-10(21-15(27)9(19)7-13(20)24)17(29)23-5-2-3-12(23)16(28)22-11(18(30)31)8-14(25)26/h9-12H,2-8,19H2,1H3,(H2,20,24)(H,21,27)(H,22,28)(H,25,26)(H,30,31). The van der Waals surface area contributed by atoms with Crippen LogP contribution in [0, 0.1) is 0 Å². The van der Waals surface area contributed by atoms with Crippen LogP contribution in [0.1, 0.15) is 32.1 Å². The van der Waals surface area contributed by atoms with Crippen molar-refractivity contribution in [2.24, 2.45) is 11.5 Å². The number of nitrogens with two attached hydrogens (primary N) is 2. The SMILES string of the molecule is CSCCC(NC(=O)C(N)CC(N)=O)C(=O)N1CCCC1C(=O)NC(CC(=O)O)C(=O)O. The molecule has 1 fully saturated rings. The summed E-state index contributed by atoms with van der Waals surface area (Å²) in [5, 5.41) is 22.6. The first-order chi connectivity index (χ1) is 15.0. The number of amides is 4. The number of rotatable bonds is 13. The zero-order valence-electron chi connectivity index (χ0n) is 17.6.